The van der Waals surface area contributed by atoms with Gasteiger partial charge in [-0.05, 0) is 0 Å². The topological polar surface area (TPSA) is 79.0 Å². The van der Waals surface area contributed by atoms with Gasteiger partial charge in [0.25, 0.3) is 0 Å². The molecule has 0 aromatic carbocycles. The first kappa shape index (κ1) is 11.1. The Bertz CT molecular complexity index is 320. The second-order valence-corrected chi connectivity index (χ2v) is 3.64. The predicted molar refractivity (Wildman–Crippen MR) is 57.9 cm³/mol. The van der Waals surface area contributed by atoms with Crippen molar-refractivity contribution in [1.82, 2.24) is 20.6 Å². The molecule has 1 saturated heterocycles. The van der Waals surface area contributed by atoms with Gasteiger partial charge in [0, 0.05) is 38.4 Å². The number of nitrogens with one attached hydrogen (secondary N) is 3. The number of aromatic nitrogens is 2. The van der Waals surface area contributed by atoms with Crippen molar-refractivity contribution in [2.75, 3.05) is 26.2 Å². The molecule has 1 unspecified atom stereocenters. The van der Waals surface area contributed by atoms with Crippen LogP contribution in [-0.4, -0.2) is 48.2 Å². The first-order valence-electron chi connectivity index (χ1n) is 5.44. The van der Waals surface area contributed by atoms with Crippen LogP contribution >= 0.6 is 0 Å². The minimum absolute atomic E-state index is 0.0567. The maximum Gasteiger partial charge on any atom is 0.250 e. The minimum atomic E-state index is -0.356. The van der Waals surface area contributed by atoms with Gasteiger partial charge < -0.3 is 20.4 Å². The molecular formula is C10H16N4O2. The van der Waals surface area contributed by atoms with E-state index in [0.717, 1.165) is 12.4 Å². The summed E-state index contributed by atoms with van der Waals surface area (Å²) in [6.45, 7) is 2.57. The number of aromatic amines is 1. The van der Waals surface area contributed by atoms with Crippen molar-refractivity contribution in [1.29, 1.82) is 0 Å². The summed E-state index contributed by atoms with van der Waals surface area (Å²) in [7, 11) is 0. The molecule has 3 N–H and O–H groups in total. The first-order chi connectivity index (χ1) is 7.86. The van der Waals surface area contributed by atoms with E-state index in [0.29, 0.717) is 26.1 Å². The minimum Gasteiger partial charge on any atom is -0.366 e. The van der Waals surface area contributed by atoms with E-state index in [-0.39, 0.29) is 12.0 Å². The van der Waals surface area contributed by atoms with E-state index in [2.05, 4.69) is 20.6 Å². The summed E-state index contributed by atoms with van der Waals surface area (Å²) in [4.78, 5) is 18.7. The van der Waals surface area contributed by atoms with Gasteiger partial charge in [-0.25, -0.2) is 4.98 Å². The zero-order valence-corrected chi connectivity index (χ0v) is 9.03. The number of hydrogen-bond acceptors (Lipinski definition) is 4. The Balaban J connectivity index is 1.67. The smallest absolute Gasteiger partial charge is 0.250 e. The van der Waals surface area contributed by atoms with E-state index < -0.39 is 0 Å². The van der Waals surface area contributed by atoms with E-state index in [9.17, 15) is 4.79 Å². The predicted octanol–water partition coefficient (Wildman–Crippen LogP) is -0.943. The Kier molecular flexibility index (Phi) is 3.90. The summed E-state index contributed by atoms with van der Waals surface area (Å²) in [6.07, 6.45) is 3.82. The van der Waals surface area contributed by atoms with Crippen molar-refractivity contribution in [3.8, 4) is 0 Å². The van der Waals surface area contributed by atoms with Gasteiger partial charge in [-0.1, -0.05) is 0 Å². The van der Waals surface area contributed by atoms with Crippen LogP contribution in [0.4, 0.5) is 0 Å². The molecule has 2 heterocycles. The van der Waals surface area contributed by atoms with E-state index >= 15 is 0 Å². The lowest BCUT2D eigenvalue weighted by Gasteiger charge is -2.22. The van der Waals surface area contributed by atoms with Gasteiger partial charge in [0.15, 0.2) is 0 Å². The number of hydrogen-bond donors (Lipinski definition) is 3. The summed E-state index contributed by atoms with van der Waals surface area (Å²) in [5.74, 6) is 0.821. The zero-order valence-electron chi connectivity index (χ0n) is 9.03. The van der Waals surface area contributed by atoms with Crippen molar-refractivity contribution in [3.63, 3.8) is 0 Å². The molecule has 1 aliphatic rings. The van der Waals surface area contributed by atoms with Crippen molar-refractivity contribution < 1.29 is 9.53 Å². The van der Waals surface area contributed by atoms with Crippen LogP contribution in [0.2, 0.25) is 0 Å². The Morgan fingerprint density at radius 3 is 3.31 bits per heavy atom. The van der Waals surface area contributed by atoms with Crippen molar-refractivity contribution >= 4 is 5.91 Å². The van der Waals surface area contributed by atoms with Crippen LogP contribution < -0.4 is 10.6 Å². The highest BCUT2D eigenvalue weighted by Crippen LogP contribution is 1.96. The third-order valence-corrected chi connectivity index (χ3v) is 2.44. The fourth-order valence-corrected chi connectivity index (χ4v) is 1.59. The second-order valence-electron chi connectivity index (χ2n) is 3.64. The average Bonchev–Trinajstić information content (AvgIpc) is 2.83. The molecule has 1 atom stereocenters. The normalized spacial score (nSPS) is 20.6. The number of H-pyrrole nitrogens is 1. The third-order valence-electron chi connectivity index (χ3n) is 2.44. The number of carbonyl (C=O) groups excluding carboxylic acids is 1. The van der Waals surface area contributed by atoms with Gasteiger partial charge >= 0.3 is 0 Å². The largest absolute Gasteiger partial charge is 0.366 e. The van der Waals surface area contributed by atoms with Gasteiger partial charge in [0.2, 0.25) is 5.91 Å². The SMILES string of the molecule is O=C(NCCc1ncc[nH]1)C1CNCCO1. The summed E-state index contributed by atoms with van der Waals surface area (Å²) in [5.41, 5.74) is 0. The van der Waals surface area contributed by atoms with Crippen LogP contribution in [0.3, 0.4) is 0 Å². The Labute approximate surface area is 93.8 Å². The van der Waals surface area contributed by atoms with Crippen LogP contribution in [0.1, 0.15) is 5.82 Å². The van der Waals surface area contributed by atoms with Crippen LogP contribution in [0.25, 0.3) is 0 Å². The number of rotatable bonds is 4. The quantitative estimate of drug-likeness (QED) is 0.616. The van der Waals surface area contributed by atoms with Crippen LogP contribution in [0, 0.1) is 0 Å². The molecule has 0 spiro atoms. The zero-order chi connectivity index (χ0) is 11.2. The van der Waals surface area contributed by atoms with E-state index in [4.69, 9.17) is 4.74 Å². The second kappa shape index (κ2) is 5.62. The lowest BCUT2D eigenvalue weighted by molar-refractivity contribution is -0.134. The molecule has 1 aromatic heterocycles. The Hall–Kier alpha value is -1.40. The van der Waals surface area contributed by atoms with Crippen molar-refractivity contribution in [2.24, 2.45) is 0 Å². The molecule has 1 aliphatic heterocycles. The molecular weight excluding hydrogens is 208 g/mol. The molecule has 6 heteroatoms. The fraction of sp³-hybridized carbons (Fsp3) is 0.600. The van der Waals surface area contributed by atoms with E-state index in [1.165, 1.54) is 0 Å². The van der Waals surface area contributed by atoms with Gasteiger partial charge in [0.05, 0.1) is 6.61 Å². The van der Waals surface area contributed by atoms with Gasteiger partial charge in [-0.3, -0.25) is 4.79 Å². The molecule has 6 nitrogen and oxygen atoms in total. The first-order valence-corrected chi connectivity index (χ1v) is 5.44. The van der Waals surface area contributed by atoms with Crippen LogP contribution in [-0.2, 0) is 16.0 Å². The molecule has 1 fully saturated rings. The van der Waals surface area contributed by atoms with E-state index in [1.807, 2.05) is 0 Å². The highest BCUT2D eigenvalue weighted by atomic mass is 16.5. The van der Waals surface area contributed by atoms with Crippen LogP contribution in [0.5, 0.6) is 0 Å². The average molecular weight is 224 g/mol. The summed E-state index contributed by atoms with van der Waals surface area (Å²) < 4.78 is 5.33. The Morgan fingerprint density at radius 2 is 2.62 bits per heavy atom. The molecule has 1 aromatic rings. The summed E-state index contributed by atoms with van der Waals surface area (Å²) in [6, 6.07) is 0. The number of morpholine rings is 1. The lowest BCUT2D eigenvalue weighted by Crippen LogP contribution is -2.48. The fourth-order valence-electron chi connectivity index (χ4n) is 1.59. The number of carbonyl (C=O) groups is 1. The number of amides is 1. The number of nitrogens with zero attached hydrogens (tertiary/aromatic N) is 1. The Morgan fingerprint density at radius 1 is 1.69 bits per heavy atom. The molecule has 16 heavy (non-hydrogen) atoms. The number of imidazole rings is 1. The standard InChI is InChI=1S/C10H16N4O2/c15-10(8-7-11-5-6-16-8)14-2-1-9-12-3-4-13-9/h3-4,8,11H,1-2,5-7H2,(H,12,13)(H,14,15). The molecule has 0 radical (unpaired) electrons. The molecule has 88 valence electrons. The van der Waals surface area contributed by atoms with Gasteiger partial charge in [-0.2, -0.15) is 0 Å². The summed E-state index contributed by atoms with van der Waals surface area (Å²) in [5, 5.41) is 5.94. The highest BCUT2D eigenvalue weighted by molar-refractivity contribution is 5.81. The molecule has 1 amide bonds. The lowest BCUT2D eigenvalue weighted by atomic mass is 10.3. The number of ether oxygens (including phenoxy) is 1. The van der Waals surface area contributed by atoms with E-state index in [1.54, 1.807) is 12.4 Å². The highest BCUT2D eigenvalue weighted by Gasteiger charge is 2.20. The molecule has 2 rings (SSSR count). The van der Waals surface area contributed by atoms with Crippen molar-refractivity contribution in [2.45, 2.75) is 12.5 Å². The third kappa shape index (κ3) is 3.04. The summed E-state index contributed by atoms with van der Waals surface area (Å²) >= 11 is 0. The monoisotopic (exact) mass is 224 g/mol. The maximum absolute atomic E-state index is 11.6. The maximum atomic E-state index is 11.6. The van der Waals surface area contributed by atoms with Crippen molar-refractivity contribution in [3.05, 3.63) is 18.2 Å². The van der Waals surface area contributed by atoms with Gasteiger partial charge in [-0.15, -0.1) is 0 Å². The molecule has 0 bridgehead atoms. The molecule has 0 aliphatic carbocycles. The molecule has 0 saturated carbocycles. The van der Waals surface area contributed by atoms with Crippen LogP contribution in [0.15, 0.2) is 12.4 Å². The van der Waals surface area contributed by atoms with Gasteiger partial charge in [0.1, 0.15) is 11.9 Å².